The van der Waals surface area contributed by atoms with Gasteiger partial charge in [0.2, 0.25) is 0 Å². The first-order valence-corrected chi connectivity index (χ1v) is 4.12. The number of carbonyl (C=O) groups is 2. The minimum absolute atomic E-state index is 0.888. The second-order valence-corrected chi connectivity index (χ2v) is 3.12. The van der Waals surface area contributed by atoms with Crippen LogP contribution in [-0.2, 0) is 19.1 Å². The highest BCUT2D eigenvalue weighted by atomic mass is 16.8. The molecule has 0 fully saturated rings. The fraction of sp³-hybridized carbons (Fsp3) is 0.556. The molecule has 0 saturated carbocycles. The Morgan fingerprint density at radius 3 is 1.73 bits per heavy atom. The Balaban J connectivity index is 5.09. The Labute approximate surface area is 87.1 Å². The first-order valence-electron chi connectivity index (χ1n) is 4.12. The smallest absolute Gasteiger partial charge is 0.396 e. The number of aliphatic hydroxyl groups is 2. The van der Waals surface area contributed by atoms with E-state index in [0.29, 0.717) is 0 Å². The van der Waals surface area contributed by atoms with Gasteiger partial charge in [-0.1, -0.05) is 6.58 Å². The van der Waals surface area contributed by atoms with Gasteiger partial charge in [0.15, 0.2) is 5.60 Å². The van der Waals surface area contributed by atoms with Gasteiger partial charge < -0.3 is 19.7 Å². The van der Waals surface area contributed by atoms with E-state index in [9.17, 15) is 19.8 Å². The monoisotopic (exact) mass is 218 g/mol. The van der Waals surface area contributed by atoms with Crippen molar-refractivity contribution in [3.8, 4) is 0 Å². The van der Waals surface area contributed by atoms with Crippen molar-refractivity contribution in [2.24, 2.45) is 0 Å². The topological polar surface area (TPSA) is 93.1 Å². The highest BCUT2D eigenvalue weighted by Gasteiger charge is 2.51. The molecular formula is C9H14O6. The van der Waals surface area contributed by atoms with E-state index in [0.717, 1.165) is 26.8 Å². The van der Waals surface area contributed by atoms with Gasteiger partial charge >= 0.3 is 17.9 Å². The Bertz CT molecular complexity index is 264. The van der Waals surface area contributed by atoms with Crippen molar-refractivity contribution in [3.63, 3.8) is 0 Å². The summed E-state index contributed by atoms with van der Waals surface area (Å²) in [7, 11) is 0. The molecule has 6 nitrogen and oxygen atoms in total. The summed E-state index contributed by atoms with van der Waals surface area (Å²) in [6.07, 6.45) is 0.888. The minimum Gasteiger partial charge on any atom is -0.396 e. The van der Waals surface area contributed by atoms with E-state index in [-0.39, 0.29) is 0 Å². The molecule has 86 valence electrons. The van der Waals surface area contributed by atoms with Gasteiger partial charge in [-0.05, 0) is 13.0 Å². The van der Waals surface area contributed by atoms with Crippen molar-refractivity contribution < 1.29 is 29.3 Å². The van der Waals surface area contributed by atoms with E-state index < -0.39 is 23.5 Å². The predicted molar refractivity (Wildman–Crippen MR) is 49.3 cm³/mol. The van der Waals surface area contributed by atoms with Crippen LogP contribution in [0.2, 0.25) is 0 Å². The van der Waals surface area contributed by atoms with Gasteiger partial charge in [0.1, 0.15) is 0 Å². The maximum absolute atomic E-state index is 10.7. The van der Waals surface area contributed by atoms with Crippen LogP contribution in [0.25, 0.3) is 0 Å². The molecule has 0 aliphatic carbocycles. The summed E-state index contributed by atoms with van der Waals surface area (Å²) in [5, 5.41) is 19.3. The molecule has 1 atom stereocenters. The van der Waals surface area contributed by atoms with Crippen molar-refractivity contribution in [1.82, 2.24) is 0 Å². The molecule has 0 rings (SSSR count). The third-order valence-corrected chi connectivity index (χ3v) is 1.60. The summed E-state index contributed by atoms with van der Waals surface area (Å²) in [5.41, 5.74) is -2.11. The van der Waals surface area contributed by atoms with E-state index in [4.69, 9.17) is 0 Å². The number of rotatable bonds is 4. The number of carbonyl (C=O) groups excluding carboxylic acids is 2. The number of hydrogen-bond acceptors (Lipinski definition) is 6. The average molecular weight is 218 g/mol. The van der Waals surface area contributed by atoms with Crippen molar-refractivity contribution in [2.45, 2.75) is 32.3 Å². The van der Waals surface area contributed by atoms with Crippen LogP contribution < -0.4 is 0 Å². The molecule has 0 aromatic rings. The van der Waals surface area contributed by atoms with Crippen molar-refractivity contribution in [2.75, 3.05) is 0 Å². The minimum atomic E-state index is -2.77. The zero-order valence-electron chi connectivity index (χ0n) is 8.81. The van der Waals surface area contributed by atoms with Crippen LogP contribution in [0.4, 0.5) is 0 Å². The van der Waals surface area contributed by atoms with Gasteiger partial charge in [-0.25, -0.2) is 0 Å². The van der Waals surface area contributed by atoms with E-state index >= 15 is 0 Å². The molecule has 0 heterocycles. The Morgan fingerprint density at radius 1 is 1.20 bits per heavy atom. The van der Waals surface area contributed by atoms with Crippen LogP contribution in [0.5, 0.6) is 0 Å². The van der Waals surface area contributed by atoms with Gasteiger partial charge in [0, 0.05) is 13.8 Å². The summed E-state index contributed by atoms with van der Waals surface area (Å²) >= 11 is 0. The number of ether oxygens (including phenoxy) is 2. The van der Waals surface area contributed by atoms with Crippen LogP contribution in [-0.4, -0.2) is 33.7 Å². The van der Waals surface area contributed by atoms with Crippen molar-refractivity contribution >= 4 is 11.9 Å². The lowest BCUT2D eigenvalue weighted by molar-refractivity contribution is -0.376. The fourth-order valence-electron chi connectivity index (χ4n) is 0.746. The van der Waals surface area contributed by atoms with Crippen LogP contribution in [0.15, 0.2) is 12.7 Å². The van der Waals surface area contributed by atoms with Gasteiger partial charge in [0.05, 0.1) is 0 Å². The van der Waals surface area contributed by atoms with E-state index in [1.807, 2.05) is 0 Å². The molecule has 0 amide bonds. The Kier molecular flexibility index (Phi) is 4.00. The highest BCUT2D eigenvalue weighted by molar-refractivity contribution is 5.68. The standard InChI is InChI=1S/C9H14O6/c1-5-8(4,12)9(13,14-6(2)10)15-7(3)11/h5,12-13H,1H2,2-4H3. The lowest BCUT2D eigenvalue weighted by Crippen LogP contribution is -2.56. The largest absolute Gasteiger partial charge is 0.407 e. The van der Waals surface area contributed by atoms with E-state index in [2.05, 4.69) is 16.1 Å². The molecule has 2 N–H and O–H groups in total. The lowest BCUT2D eigenvalue weighted by Gasteiger charge is -2.35. The normalized spacial score (nSPS) is 15.0. The summed E-state index contributed by atoms with van der Waals surface area (Å²) in [5.74, 6) is -4.60. The number of hydrogen-bond donors (Lipinski definition) is 2. The summed E-state index contributed by atoms with van der Waals surface area (Å²) in [6.45, 7) is 6.28. The molecule has 0 aromatic heterocycles. The maximum atomic E-state index is 10.7. The first-order chi connectivity index (χ1) is 6.64. The summed E-state index contributed by atoms with van der Waals surface area (Å²) in [4.78, 5) is 21.4. The molecular weight excluding hydrogens is 204 g/mol. The molecule has 0 aromatic carbocycles. The molecule has 0 aliphatic rings. The van der Waals surface area contributed by atoms with Crippen LogP contribution in [0, 0.1) is 0 Å². The van der Waals surface area contributed by atoms with E-state index in [1.54, 1.807) is 0 Å². The zero-order chi connectivity index (χ0) is 12.3. The molecule has 15 heavy (non-hydrogen) atoms. The quantitative estimate of drug-likeness (QED) is 0.382. The Morgan fingerprint density at radius 2 is 1.53 bits per heavy atom. The lowest BCUT2D eigenvalue weighted by atomic mass is 10.0. The van der Waals surface area contributed by atoms with Gasteiger partial charge in [0.25, 0.3) is 0 Å². The van der Waals surface area contributed by atoms with Crippen molar-refractivity contribution in [3.05, 3.63) is 12.7 Å². The van der Waals surface area contributed by atoms with Gasteiger partial charge in [-0.3, -0.25) is 9.59 Å². The molecule has 0 aliphatic heterocycles. The SMILES string of the molecule is C=CC(C)(O)C(O)(OC(C)=O)OC(C)=O. The molecule has 6 heteroatoms. The van der Waals surface area contributed by atoms with Crippen molar-refractivity contribution in [1.29, 1.82) is 0 Å². The Hall–Kier alpha value is -1.40. The van der Waals surface area contributed by atoms with Gasteiger partial charge in [-0.2, -0.15) is 0 Å². The summed E-state index contributed by atoms with van der Waals surface area (Å²) in [6, 6.07) is 0. The van der Waals surface area contributed by atoms with Crippen LogP contribution >= 0.6 is 0 Å². The predicted octanol–water partition coefficient (Wildman–Crippen LogP) is -0.304. The molecule has 0 radical (unpaired) electrons. The molecule has 1 unspecified atom stereocenters. The van der Waals surface area contributed by atoms with Crippen LogP contribution in [0.3, 0.4) is 0 Å². The third kappa shape index (κ3) is 3.34. The van der Waals surface area contributed by atoms with E-state index in [1.165, 1.54) is 0 Å². The number of esters is 2. The third-order valence-electron chi connectivity index (χ3n) is 1.60. The zero-order valence-corrected chi connectivity index (χ0v) is 8.81. The van der Waals surface area contributed by atoms with Crippen LogP contribution in [0.1, 0.15) is 20.8 Å². The second kappa shape index (κ2) is 4.41. The molecule has 0 saturated heterocycles. The molecule has 0 spiro atoms. The average Bonchev–Trinajstić information content (AvgIpc) is 2.00. The maximum Gasteiger partial charge on any atom is 0.407 e. The summed E-state index contributed by atoms with van der Waals surface area (Å²) < 4.78 is 8.71. The van der Waals surface area contributed by atoms with Gasteiger partial charge in [-0.15, -0.1) is 0 Å². The second-order valence-electron chi connectivity index (χ2n) is 3.12. The first kappa shape index (κ1) is 13.6. The highest BCUT2D eigenvalue weighted by Crippen LogP contribution is 2.26. The fourth-order valence-corrected chi connectivity index (χ4v) is 0.746. The molecule has 0 bridgehead atoms.